The lowest BCUT2D eigenvalue weighted by Crippen LogP contribution is -2.43. The van der Waals surface area contributed by atoms with Crippen LogP contribution in [0.1, 0.15) is 41.5 Å². The highest BCUT2D eigenvalue weighted by Crippen LogP contribution is 2.24. The first-order chi connectivity index (χ1) is 6.70. The average Bonchev–Trinajstić information content (AvgIpc) is 2.10. The van der Waals surface area contributed by atoms with Gasteiger partial charge in [0.25, 0.3) is 0 Å². The highest BCUT2D eigenvalue weighted by molar-refractivity contribution is 4.79. The molecule has 2 nitrogen and oxygen atoms in total. The van der Waals surface area contributed by atoms with Crippen LogP contribution in [-0.2, 0) is 0 Å². The zero-order valence-electron chi connectivity index (χ0n) is 11.7. The van der Waals surface area contributed by atoms with E-state index in [1.54, 1.807) is 0 Å². The third kappa shape index (κ3) is 4.98. The summed E-state index contributed by atoms with van der Waals surface area (Å²) in [5, 5.41) is 0. The molecule has 0 aromatic carbocycles. The van der Waals surface area contributed by atoms with Gasteiger partial charge in [0, 0.05) is 12.6 Å². The van der Waals surface area contributed by atoms with Crippen LogP contribution in [-0.4, -0.2) is 31.1 Å². The Morgan fingerprint density at radius 1 is 1.13 bits per heavy atom. The molecule has 0 aliphatic heterocycles. The number of nitrogens with two attached hydrogens (primary N) is 1. The Bertz CT molecular complexity index is 170. The molecule has 0 radical (unpaired) electrons. The molecule has 92 valence electrons. The van der Waals surface area contributed by atoms with Crippen molar-refractivity contribution in [3.05, 3.63) is 0 Å². The summed E-state index contributed by atoms with van der Waals surface area (Å²) in [5.41, 5.74) is 6.14. The van der Waals surface area contributed by atoms with E-state index in [1.165, 1.54) is 0 Å². The van der Waals surface area contributed by atoms with Crippen molar-refractivity contribution in [1.82, 2.24) is 4.90 Å². The van der Waals surface area contributed by atoms with Gasteiger partial charge in [0.2, 0.25) is 0 Å². The minimum absolute atomic E-state index is 0.338. The first kappa shape index (κ1) is 14.9. The molecule has 2 N–H and O–H groups in total. The Kier molecular flexibility index (Phi) is 5.82. The van der Waals surface area contributed by atoms with Gasteiger partial charge < -0.3 is 10.6 Å². The van der Waals surface area contributed by atoms with Crippen molar-refractivity contribution in [2.75, 3.05) is 20.1 Å². The Morgan fingerprint density at radius 3 is 1.87 bits per heavy atom. The first-order valence-corrected chi connectivity index (χ1v) is 6.10. The molecule has 0 spiro atoms. The second-order valence-electron chi connectivity index (χ2n) is 6.22. The lowest BCUT2D eigenvalue weighted by molar-refractivity contribution is 0.113. The molecule has 2 unspecified atom stereocenters. The molecular weight excluding hydrogens is 184 g/mol. The van der Waals surface area contributed by atoms with Crippen LogP contribution in [0.2, 0.25) is 0 Å². The summed E-state index contributed by atoms with van der Waals surface area (Å²) in [7, 11) is 2.21. The summed E-state index contributed by atoms with van der Waals surface area (Å²) in [4.78, 5) is 2.44. The predicted octanol–water partition coefficient (Wildman–Crippen LogP) is 2.58. The zero-order valence-corrected chi connectivity index (χ0v) is 11.7. The van der Waals surface area contributed by atoms with E-state index < -0.39 is 0 Å². The Hall–Kier alpha value is -0.0800. The van der Waals surface area contributed by atoms with Crippen LogP contribution in [0.15, 0.2) is 0 Å². The standard InChI is InChI=1S/C13H30N2/c1-10(2)12(8-14)9-15(7)11(3)13(4,5)6/h10-12H,8-9,14H2,1-7H3. The van der Waals surface area contributed by atoms with E-state index in [0.29, 0.717) is 23.3 Å². The zero-order chi connectivity index (χ0) is 12.2. The fourth-order valence-electron chi connectivity index (χ4n) is 1.75. The fraction of sp³-hybridized carbons (Fsp3) is 1.00. The van der Waals surface area contributed by atoms with Crippen LogP contribution in [0.25, 0.3) is 0 Å². The highest BCUT2D eigenvalue weighted by Gasteiger charge is 2.25. The predicted molar refractivity (Wildman–Crippen MR) is 68.9 cm³/mol. The minimum atomic E-state index is 0.338. The minimum Gasteiger partial charge on any atom is -0.330 e. The number of hydrogen-bond acceptors (Lipinski definition) is 2. The molecule has 0 rings (SSSR count). The number of hydrogen-bond donors (Lipinski definition) is 1. The normalized spacial score (nSPS) is 17.2. The summed E-state index contributed by atoms with van der Waals surface area (Å²) >= 11 is 0. The van der Waals surface area contributed by atoms with Gasteiger partial charge in [0.05, 0.1) is 0 Å². The summed E-state index contributed by atoms with van der Waals surface area (Å²) in [6.07, 6.45) is 0. The van der Waals surface area contributed by atoms with Gasteiger partial charge in [0.15, 0.2) is 0 Å². The molecule has 0 aromatic heterocycles. The lowest BCUT2D eigenvalue weighted by Gasteiger charge is -2.37. The molecule has 2 heteroatoms. The summed E-state index contributed by atoms with van der Waals surface area (Å²) in [6.45, 7) is 15.6. The summed E-state index contributed by atoms with van der Waals surface area (Å²) < 4.78 is 0. The lowest BCUT2D eigenvalue weighted by atomic mass is 9.86. The van der Waals surface area contributed by atoms with E-state index >= 15 is 0 Å². The molecule has 0 saturated carbocycles. The van der Waals surface area contributed by atoms with Gasteiger partial charge in [-0.1, -0.05) is 34.6 Å². The maximum atomic E-state index is 5.80. The van der Waals surface area contributed by atoms with Crippen molar-refractivity contribution in [3.8, 4) is 0 Å². The Balaban J connectivity index is 4.28. The van der Waals surface area contributed by atoms with Gasteiger partial charge in [-0.25, -0.2) is 0 Å². The molecule has 0 aliphatic rings. The van der Waals surface area contributed by atoms with E-state index in [4.69, 9.17) is 5.73 Å². The fourth-order valence-corrected chi connectivity index (χ4v) is 1.75. The van der Waals surface area contributed by atoms with Crippen molar-refractivity contribution < 1.29 is 0 Å². The Morgan fingerprint density at radius 2 is 1.60 bits per heavy atom. The summed E-state index contributed by atoms with van der Waals surface area (Å²) in [6, 6.07) is 0.588. The van der Waals surface area contributed by atoms with Gasteiger partial charge in [-0.05, 0) is 37.8 Å². The Labute approximate surface area is 96.2 Å². The topological polar surface area (TPSA) is 29.3 Å². The third-order valence-electron chi connectivity index (χ3n) is 3.68. The van der Waals surface area contributed by atoms with Crippen molar-refractivity contribution in [2.24, 2.45) is 23.0 Å². The molecule has 0 fully saturated rings. The summed E-state index contributed by atoms with van der Waals surface area (Å²) in [5.74, 6) is 1.28. The van der Waals surface area contributed by atoms with Crippen LogP contribution < -0.4 is 5.73 Å². The smallest absolute Gasteiger partial charge is 0.0112 e. The largest absolute Gasteiger partial charge is 0.330 e. The van der Waals surface area contributed by atoms with E-state index in [0.717, 1.165) is 13.1 Å². The highest BCUT2D eigenvalue weighted by atomic mass is 15.1. The van der Waals surface area contributed by atoms with Crippen LogP contribution in [0.3, 0.4) is 0 Å². The van der Waals surface area contributed by atoms with Crippen molar-refractivity contribution >= 4 is 0 Å². The second-order valence-corrected chi connectivity index (χ2v) is 6.22. The van der Waals surface area contributed by atoms with Gasteiger partial charge in [0.1, 0.15) is 0 Å². The van der Waals surface area contributed by atoms with Crippen LogP contribution >= 0.6 is 0 Å². The average molecular weight is 214 g/mol. The van der Waals surface area contributed by atoms with Gasteiger partial charge >= 0.3 is 0 Å². The molecular formula is C13H30N2. The SMILES string of the molecule is CC(C)C(CN)CN(C)C(C)C(C)(C)C. The maximum absolute atomic E-state index is 5.80. The van der Waals surface area contributed by atoms with Crippen LogP contribution in [0.4, 0.5) is 0 Å². The number of rotatable bonds is 5. The first-order valence-electron chi connectivity index (χ1n) is 6.10. The molecule has 0 saturated heterocycles. The van der Waals surface area contributed by atoms with Gasteiger partial charge in [-0.15, -0.1) is 0 Å². The van der Waals surface area contributed by atoms with E-state index in [9.17, 15) is 0 Å². The van der Waals surface area contributed by atoms with Crippen molar-refractivity contribution in [2.45, 2.75) is 47.6 Å². The van der Waals surface area contributed by atoms with Crippen LogP contribution in [0, 0.1) is 17.3 Å². The van der Waals surface area contributed by atoms with Gasteiger partial charge in [-0.3, -0.25) is 0 Å². The van der Waals surface area contributed by atoms with E-state index in [2.05, 4.69) is 53.5 Å². The second kappa shape index (κ2) is 5.86. The quantitative estimate of drug-likeness (QED) is 0.762. The maximum Gasteiger partial charge on any atom is 0.0112 e. The molecule has 2 atom stereocenters. The molecule has 0 bridgehead atoms. The molecule has 0 amide bonds. The third-order valence-corrected chi connectivity index (χ3v) is 3.68. The molecule has 15 heavy (non-hydrogen) atoms. The van der Waals surface area contributed by atoms with E-state index in [1.807, 2.05) is 0 Å². The van der Waals surface area contributed by atoms with Gasteiger partial charge in [-0.2, -0.15) is 0 Å². The van der Waals surface area contributed by atoms with Crippen LogP contribution in [0.5, 0.6) is 0 Å². The van der Waals surface area contributed by atoms with E-state index in [-0.39, 0.29) is 0 Å². The molecule has 0 aliphatic carbocycles. The monoisotopic (exact) mass is 214 g/mol. The number of nitrogens with zero attached hydrogens (tertiary/aromatic N) is 1. The molecule has 0 heterocycles. The van der Waals surface area contributed by atoms with Crippen molar-refractivity contribution in [1.29, 1.82) is 0 Å². The molecule has 0 aromatic rings. The van der Waals surface area contributed by atoms with Crippen molar-refractivity contribution in [3.63, 3.8) is 0 Å².